The third-order valence-electron chi connectivity index (χ3n) is 4.39. The number of benzene rings is 2. The lowest BCUT2D eigenvalue weighted by Crippen LogP contribution is -1.82. The van der Waals surface area contributed by atoms with Gasteiger partial charge in [-0.3, -0.25) is 5.10 Å². The number of fused-ring (bicyclic) bond motifs is 2. The highest BCUT2D eigenvalue weighted by atomic mass is 15.1. The summed E-state index contributed by atoms with van der Waals surface area (Å²) in [6, 6.07) is 18.8. The second-order valence-corrected chi connectivity index (χ2v) is 5.86. The lowest BCUT2D eigenvalue weighted by atomic mass is 10.0. The number of hydrogen-bond acceptors (Lipinski definition) is 2. The molecule has 0 aliphatic heterocycles. The quantitative estimate of drug-likeness (QED) is 0.493. The van der Waals surface area contributed by atoms with Crippen LogP contribution in [0.1, 0.15) is 0 Å². The van der Waals surface area contributed by atoms with E-state index < -0.39 is 0 Å². The average Bonchev–Trinajstić information content (AvgIpc) is 3.27. The number of nitrogens with zero attached hydrogens (tertiary/aromatic N) is 2. The molecule has 0 aliphatic carbocycles. The Bertz CT molecular complexity index is 1150. The van der Waals surface area contributed by atoms with Gasteiger partial charge in [-0.15, -0.1) is 0 Å². The molecule has 114 valence electrons. The van der Waals surface area contributed by atoms with E-state index in [2.05, 4.69) is 56.6 Å². The summed E-state index contributed by atoms with van der Waals surface area (Å²) in [6.45, 7) is 0. The highest BCUT2D eigenvalue weighted by molar-refractivity contribution is 5.97. The zero-order valence-electron chi connectivity index (χ0n) is 12.8. The van der Waals surface area contributed by atoms with Crippen LogP contribution < -0.4 is 0 Å². The molecule has 5 rings (SSSR count). The van der Waals surface area contributed by atoms with Crippen molar-refractivity contribution in [2.24, 2.45) is 0 Å². The molecule has 2 aromatic carbocycles. The fourth-order valence-corrected chi connectivity index (χ4v) is 3.14. The Kier molecular flexibility index (Phi) is 2.76. The number of H-pyrrole nitrogens is 2. The number of hydrogen-bond donors (Lipinski definition) is 2. The molecule has 3 aromatic heterocycles. The Labute approximate surface area is 138 Å². The summed E-state index contributed by atoms with van der Waals surface area (Å²) < 4.78 is 0. The van der Waals surface area contributed by atoms with Crippen molar-refractivity contribution >= 4 is 21.9 Å². The van der Waals surface area contributed by atoms with E-state index in [9.17, 15) is 0 Å². The van der Waals surface area contributed by atoms with Gasteiger partial charge in [-0.25, -0.2) is 4.98 Å². The summed E-state index contributed by atoms with van der Waals surface area (Å²) in [5, 5.41) is 9.36. The number of rotatable bonds is 2. The molecule has 0 atom stereocenters. The van der Waals surface area contributed by atoms with Crippen LogP contribution in [-0.2, 0) is 0 Å². The van der Waals surface area contributed by atoms with Crippen molar-refractivity contribution in [2.75, 3.05) is 0 Å². The molecule has 2 N–H and O–H groups in total. The Morgan fingerprint density at radius 3 is 2.62 bits per heavy atom. The standard InChI is InChI=1S/C20H14N4/c1-2-4-13(5-3-1)16-8-17-18(12-22-20(17)21-10-16)14-6-7-15-11-23-24-19(15)9-14/h1-12H,(H,21,22)(H,23,24). The largest absolute Gasteiger partial charge is 0.346 e. The van der Waals surface area contributed by atoms with E-state index in [0.29, 0.717) is 0 Å². The molecule has 3 heterocycles. The minimum atomic E-state index is 0.898. The molecule has 0 fully saturated rings. The van der Waals surface area contributed by atoms with Gasteiger partial charge in [-0.2, -0.15) is 5.10 Å². The van der Waals surface area contributed by atoms with Gasteiger partial charge in [0, 0.05) is 34.3 Å². The first kappa shape index (κ1) is 13.1. The zero-order valence-corrected chi connectivity index (χ0v) is 12.8. The third kappa shape index (κ3) is 2.01. The lowest BCUT2D eigenvalue weighted by Gasteiger charge is -2.03. The van der Waals surface area contributed by atoms with Crippen molar-refractivity contribution in [1.29, 1.82) is 0 Å². The molecule has 0 radical (unpaired) electrons. The average molecular weight is 310 g/mol. The first-order valence-corrected chi connectivity index (χ1v) is 7.84. The van der Waals surface area contributed by atoms with Crippen LogP contribution in [0.3, 0.4) is 0 Å². The minimum Gasteiger partial charge on any atom is -0.346 e. The van der Waals surface area contributed by atoms with Gasteiger partial charge in [0.1, 0.15) is 5.65 Å². The summed E-state index contributed by atoms with van der Waals surface area (Å²) in [7, 11) is 0. The molecular formula is C20H14N4. The molecule has 0 saturated heterocycles. The summed E-state index contributed by atoms with van der Waals surface area (Å²) in [4.78, 5) is 7.85. The molecule has 0 saturated carbocycles. The van der Waals surface area contributed by atoms with Crippen molar-refractivity contribution in [3.8, 4) is 22.3 Å². The summed E-state index contributed by atoms with van der Waals surface area (Å²) in [5.41, 5.74) is 6.51. The minimum absolute atomic E-state index is 0.898. The maximum atomic E-state index is 4.58. The molecule has 0 bridgehead atoms. The SMILES string of the molecule is c1ccc(-c2cnc3[nH]cc(-c4ccc5cn[nH]c5c4)c3c2)cc1. The van der Waals surface area contributed by atoms with Crippen molar-refractivity contribution in [3.63, 3.8) is 0 Å². The van der Waals surface area contributed by atoms with Crippen LogP contribution in [0, 0.1) is 0 Å². The summed E-state index contributed by atoms with van der Waals surface area (Å²) >= 11 is 0. The Morgan fingerprint density at radius 2 is 1.71 bits per heavy atom. The molecule has 5 aromatic rings. The van der Waals surface area contributed by atoms with Crippen molar-refractivity contribution in [3.05, 3.63) is 73.2 Å². The van der Waals surface area contributed by atoms with Gasteiger partial charge in [0.05, 0.1) is 11.7 Å². The predicted molar refractivity (Wildman–Crippen MR) is 96.6 cm³/mol. The van der Waals surface area contributed by atoms with E-state index in [-0.39, 0.29) is 0 Å². The van der Waals surface area contributed by atoms with Crippen LogP contribution >= 0.6 is 0 Å². The van der Waals surface area contributed by atoms with Gasteiger partial charge in [0.15, 0.2) is 0 Å². The monoisotopic (exact) mass is 310 g/mol. The Hall–Kier alpha value is -3.40. The van der Waals surface area contributed by atoms with E-state index in [1.54, 1.807) is 0 Å². The second-order valence-electron chi connectivity index (χ2n) is 5.86. The Balaban J connectivity index is 1.71. The molecule has 0 spiro atoms. The van der Waals surface area contributed by atoms with E-state index in [0.717, 1.165) is 38.6 Å². The van der Waals surface area contributed by atoms with Crippen LogP contribution in [0.2, 0.25) is 0 Å². The van der Waals surface area contributed by atoms with E-state index in [1.807, 2.05) is 36.8 Å². The second kappa shape index (κ2) is 5.06. The van der Waals surface area contributed by atoms with E-state index >= 15 is 0 Å². The topological polar surface area (TPSA) is 57.4 Å². The van der Waals surface area contributed by atoms with Crippen LogP contribution in [-0.4, -0.2) is 20.2 Å². The van der Waals surface area contributed by atoms with E-state index in [4.69, 9.17) is 0 Å². The normalized spacial score (nSPS) is 11.3. The fraction of sp³-hybridized carbons (Fsp3) is 0. The van der Waals surface area contributed by atoms with Gasteiger partial charge in [-0.05, 0) is 23.3 Å². The van der Waals surface area contributed by atoms with Crippen LogP contribution in [0.15, 0.2) is 73.2 Å². The highest BCUT2D eigenvalue weighted by Crippen LogP contribution is 2.32. The zero-order chi connectivity index (χ0) is 15.9. The van der Waals surface area contributed by atoms with Gasteiger partial charge in [-0.1, -0.05) is 42.5 Å². The summed E-state index contributed by atoms with van der Waals surface area (Å²) in [5.74, 6) is 0. The van der Waals surface area contributed by atoms with Crippen molar-refractivity contribution < 1.29 is 0 Å². The third-order valence-corrected chi connectivity index (χ3v) is 4.39. The smallest absolute Gasteiger partial charge is 0.137 e. The molecule has 4 heteroatoms. The Morgan fingerprint density at radius 1 is 0.792 bits per heavy atom. The lowest BCUT2D eigenvalue weighted by molar-refractivity contribution is 1.12. The van der Waals surface area contributed by atoms with Crippen LogP contribution in [0.5, 0.6) is 0 Å². The number of pyridine rings is 1. The highest BCUT2D eigenvalue weighted by Gasteiger charge is 2.10. The number of aromatic nitrogens is 4. The molecular weight excluding hydrogens is 296 g/mol. The molecule has 24 heavy (non-hydrogen) atoms. The molecule has 0 unspecified atom stereocenters. The first-order chi connectivity index (χ1) is 11.9. The van der Waals surface area contributed by atoms with Gasteiger partial charge < -0.3 is 4.98 Å². The van der Waals surface area contributed by atoms with Gasteiger partial charge >= 0.3 is 0 Å². The maximum absolute atomic E-state index is 4.58. The number of aromatic amines is 2. The van der Waals surface area contributed by atoms with Crippen LogP contribution in [0.4, 0.5) is 0 Å². The molecule has 0 amide bonds. The first-order valence-electron chi connectivity index (χ1n) is 7.84. The van der Waals surface area contributed by atoms with Gasteiger partial charge in [0.25, 0.3) is 0 Å². The fourth-order valence-electron chi connectivity index (χ4n) is 3.14. The predicted octanol–water partition coefficient (Wildman–Crippen LogP) is 4.77. The van der Waals surface area contributed by atoms with E-state index in [1.165, 1.54) is 5.56 Å². The van der Waals surface area contributed by atoms with Crippen LogP contribution in [0.25, 0.3) is 44.2 Å². The van der Waals surface area contributed by atoms with Crippen molar-refractivity contribution in [2.45, 2.75) is 0 Å². The summed E-state index contributed by atoms with van der Waals surface area (Å²) in [6.07, 6.45) is 5.77. The van der Waals surface area contributed by atoms with Gasteiger partial charge in [0.2, 0.25) is 0 Å². The van der Waals surface area contributed by atoms with Crippen molar-refractivity contribution in [1.82, 2.24) is 20.2 Å². The number of nitrogens with one attached hydrogen (secondary N) is 2. The maximum Gasteiger partial charge on any atom is 0.137 e. The molecule has 4 nitrogen and oxygen atoms in total. The molecule has 0 aliphatic rings.